The Kier molecular flexibility index (Phi) is 6.42. The predicted octanol–water partition coefficient (Wildman–Crippen LogP) is 3.54. The molecule has 0 amide bonds. The minimum atomic E-state index is -0.151. The van der Waals surface area contributed by atoms with Gasteiger partial charge in [-0.3, -0.25) is 4.79 Å². The van der Waals surface area contributed by atoms with Crippen molar-refractivity contribution in [1.29, 1.82) is 0 Å². The van der Waals surface area contributed by atoms with Crippen molar-refractivity contribution in [2.45, 2.75) is 57.6 Å². The second-order valence-electron chi connectivity index (χ2n) is 6.57. The maximum Gasteiger partial charge on any atom is 0.144 e. The Balaban J connectivity index is 2.02. The molecule has 22 heavy (non-hydrogen) atoms. The van der Waals surface area contributed by atoms with Crippen LogP contribution in [-0.2, 0) is 4.79 Å². The number of hydrogen-bond donors (Lipinski definition) is 2. The fraction of sp³-hybridized carbons (Fsp3) is 0.611. The van der Waals surface area contributed by atoms with Gasteiger partial charge in [0.1, 0.15) is 5.78 Å². The molecular weight excluding hydrogens is 298 g/mol. The SMILES string of the molecule is CC(C)C(=O)[C@H](CNC1CCC(O)CC1)c1ccc(Cl)cc1. The molecule has 0 aliphatic heterocycles. The molecule has 122 valence electrons. The molecule has 2 rings (SSSR count). The van der Waals surface area contributed by atoms with Gasteiger partial charge in [-0.05, 0) is 43.4 Å². The third kappa shape index (κ3) is 4.80. The van der Waals surface area contributed by atoms with E-state index in [2.05, 4.69) is 5.32 Å². The van der Waals surface area contributed by atoms with Gasteiger partial charge in [0.05, 0.1) is 12.0 Å². The second kappa shape index (κ2) is 8.09. The van der Waals surface area contributed by atoms with Crippen LogP contribution in [0.25, 0.3) is 0 Å². The Morgan fingerprint density at radius 3 is 2.36 bits per heavy atom. The maximum absolute atomic E-state index is 12.5. The topological polar surface area (TPSA) is 49.3 Å². The molecule has 3 nitrogen and oxygen atoms in total. The van der Waals surface area contributed by atoms with Crippen LogP contribution in [0.5, 0.6) is 0 Å². The van der Waals surface area contributed by atoms with Crippen LogP contribution in [-0.4, -0.2) is 29.6 Å². The molecule has 0 spiro atoms. The van der Waals surface area contributed by atoms with Crippen LogP contribution < -0.4 is 5.32 Å². The Morgan fingerprint density at radius 2 is 1.82 bits per heavy atom. The molecule has 0 bridgehead atoms. The van der Waals surface area contributed by atoms with Crippen LogP contribution in [0, 0.1) is 5.92 Å². The molecule has 1 aliphatic rings. The molecule has 1 aliphatic carbocycles. The van der Waals surface area contributed by atoms with Crippen molar-refractivity contribution in [2.24, 2.45) is 5.92 Å². The van der Waals surface area contributed by atoms with E-state index in [1.807, 2.05) is 38.1 Å². The normalized spacial score (nSPS) is 23.5. The number of carbonyl (C=O) groups excluding carboxylic acids is 1. The number of Topliss-reactive ketones (excluding diaryl/α,β-unsaturated/α-hetero) is 1. The van der Waals surface area contributed by atoms with E-state index in [0.29, 0.717) is 17.6 Å². The standard InChI is InChI=1S/C18H26ClNO2/c1-12(2)18(22)17(13-3-5-14(19)6-4-13)11-20-15-7-9-16(21)10-8-15/h3-6,12,15-17,20-21H,7-11H2,1-2H3/t15?,16?,17-/m1/s1. The number of aliphatic hydroxyl groups excluding tert-OH is 1. The first-order valence-corrected chi connectivity index (χ1v) is 8.55. The molecule has 0 unspecified atom stereocenters. The van der Waals surface area contributed by atoms with Crippen LogP contribution in [0.15, 0.2) is 24.3 Å². The fourth-order valence-electron chi connectivity index (χ4n) is 3.04. The summed E-state index contributed by atoms with van der Waals surface area (Å²) in [5.74, 6) is 0.130. The maximum atomic E-state index is 12.5. The molecule has 1 saturated carbocycles. The zero-order chi connectivity index (χ0) is 16.1. The van der Waals surface area contributed by atoms with Gasteiger partial charge in [-0.2, -0.15) is 0 Å². The van der Waals surface area contributed by atoms with Crippen LogP contribution >= 0.6 is 11.6 Å². The van der Waals surface area contributed by atoms with Crippen LogP contribution in [0.1, 0.15) is 51.0 Å². The van der Waals surface area contributed by atoms with Gasteiger partial charge in [0.25, 0.3) is 0 Å². The molecule has 0 saturated heterocycles. The summed E-state index contributed by atoms with van der Waals surface area (Å²) in [4.78, 5) is 12.5. The average Bonchev–Trinajstić information content (AvgIpc) is 2.50. The highest BCUT2D eigenvalue weighted by Crippen LogP contribution is 2.24. The Morgan fingerprint density at radius 1 is 1.23 bits per heavy atom. The van der Waals surface area contributed by atoms with Crippen molar-refractivity contribution >= 4 is 17.4 Å². The Hall–Kier alpha value is -0.900. The van der Waals surface area contributed by atoms with E-state index in [4.69, 9.17) is 11.6 Å². The van der Waals surface area contributed by atoms with E-state index in [1.165, 1.54) is 0 Å². The third-order valence-corrected chi connectivity index (χ3v) is 4.74. The summed E-state index contributed by atoms with van der Waals surface area (Å²) in [6.45, 7) is 4.55. The summed E-state index contributed by atoms with van der Waals surface area (Å²) < 4.78 is 0. The average molecular weight is 324 g/mol. The Labute approximate surface area is 138 Å². The lowest BCUT2D eigenvalue weighted by Gasteiger charge is -2.28. The first kappa shape index (κ1) is 17.5. The number of benzene rings is 1. The number of ketones is 1. The summed E-state index contributed by atoms with van der Waals surface area (Å²) in [7, 11) is 0. The summed E-state index contributed by atoms with van der Waals surface area (Å²) >= 11 is 5.95. The minimum absolute atomic E-state index is 0.00987. The molecule has 1 aromatic rings. The van der Waals surface area contributed by atoms with Crippen LogP contribution in [0.2, 0.25) is 5.02 Å². The van der Waals surface area contributed by atoms with Gasteiger partial charge in [-0.15, -0.1) is 0 Å². The van der Waals surface area contributed by atoms with Gasteiger partial charge in [-0.25, -0.2) is 0 Å². The largest absolute Gasteiger partial charge is 0.393 e. The van der Waals surface area contributed by atoms with E-state index >= 15 is 0 Å². The quantitative estimate of drug-likeness (QED) is 0.841. The van der Waals surface area contributed by atoms with E-state index < -0.39 is 0 Å². The fourth-order valence-corrected chi connectivity index (χ4v) is 3.17. The minimum Gasteiger partial charge on any atom is -0.393 e. The Bertz CT molecular complexity index is 478. The summed E-state index contributed by atoms with van der Waals surface area (Å²) in [5.41, 5.74) is 1.02. The lowest BCUT2D eigenvalue weighted by molar-refractivity contribution is -0.123. The second-order valence-corrected chi connectivity index (χ2v) is 7.01. The third-order valence-electron chi connectivity index (χ3n) is 4.49. The summed E-state index contributed by atoms with van der Waals surface area (Å²) in [6.07, 6.45) is 3.50. The molecule has 0 heterocycles. The first-order chi connectivity index (χ1) is 10.5. The van der Waals surface area contributed by atoms with E-state index in [9.17, 15) is 9.90 Å². The summed E-state index contributed by atoms with van der Waals surface area (Å²) in [5, 5.41) is 13.8. The van der Waals surface area contributed by atoms with Crippen LogP contribution in [0.4, 0.5) is 0 Å². The first-order valence-electron chi connectivity index (χ1n) is 8.18. The molecule has 2 N–H and O–H groups in total. The highest BCUT2D eigenvalue weighted by atomic mass is 35.5. The van der Waals surface area contributed by atoms with E-state index in [1.54, 1.807) is 0 Å². The number of hydrogen-bond acceptors (Lipinski definition) is 3. The van der Waals surface area contributed by atoms with Crippen LogP contribution in [0.3, 0.4) is 0 Å². The van der Waals surface area contributed by atoms with Crippen molar-refractivity contribution in [3.8, 4) is 0 Å². The molecule has 1 atom stereocenters. The van der Waals surface area contributed by atoms with E-state index in [-0.39, 0.29) is 23.7 Å². The lowest BCUT2D eigenvalue weighted by Crippen LogP contribution is -2.39. The highest BCUT2D eigenvalue weighted by Gasteiger charge is 2.25. The highest BCUT2D eigenvalue weighted by molar-refractivity contribution is 6.30. The molecule has 1 aromatic carbocycles. The molecule has 4 heteroatoms. The van der Waals surface area contributed by atoms with Crippen molar-refractivity contribution in [3.05, 3.63) is 34.9 Å². The van der Waals surface area contributed by atoms with Gasteiger partial charge in [-0.1, -0.05) is 37.6 Å². The number of aliphatic hydroxyl groups is 1. The van der Waals surface area contributed by atoms with Gasteiger partial charge in [0, 0.05) is 23.5 Å². The zero-order valence-electron chi connectivity index (χ0n) is 13.4. The van der Waals surface area contributed by atoms with Crippen molar-refractivity contribution in [3.63, 3.8) is 0 Å². The molecule has 1 fully saturated rings. The number of halogens is 1. The van der Waals surface area contributed by atoms with Gasteiger partial charge >= 0.3 is 0 Å². The van der Waals surface area contributed by atoms with Crippen molar-refractivity contribution in [1.82, 2.24) is 5.32 Å². The number of carbonyl (C=O) groups is 1. The van der Waals surface area contributed by atoms with Crippen molar-refractivity contribution in [2.75, 3.05) is 6.54 Å². The van der Waals surface area contributed by atoms with Gasteiger partial charge in [0.2, 0.25) is 0 Å². The monoisotopic (exact) mass is 323 g/mol. The lowest BCUT2D eigenvalue weighted by atomic mass is 9.87. The smallest absolute Gasteiger partial charge is 0.144 e. The zero-order valence-corrected chi connectivity index (χ0v) is 14.1. The van der Waals surface area contributed by atoms with E-state index in [0.717, 1.165) is 31.2 Å². The molecule has 0 aromatic heterocycles. The van der Waals surface area contributed by atoms with Gasteiger partial charge < -0.3 is 10.4 Å². The van der Waals surface area contributed by atoms with Crippen molar-refractivity contribution < 1.29 is 9.90 Å². The predicted molar refractivity (Wildman–Crippen MR) is 90.3 cm³/mol. The summed E-state index contributed by atoms with van der Waals surface area (Å²) in [6, 6.07) is 7.97. The molecule has 0 radical (unpaired) electrons. The molecular formula is C18H26ClNO2. The number of rotatable bonds is 6. The van der Waals surface area contributed by atoms with Gasteiger partial charge in [0.15, 0.2) is 0 Å². The number of nitrogens with one attached hydrogen (secondary N) is 1.